The number of cyclic esters (lactones) is 1. The molecule has 2 atom stereocenters. The molecule has 0 aromatic heterocycles. The number of carbonyl (C=O) groups is 2. The molecule has 1 heterocycles. The van der Waals surface area contributed by atoms with Crippen LogP contribution in [0.5, 0.6) is 0 Å². The van der Waals surface area contributed by atoms with Crippen LogP contribution in [0, 0.1) is 17.6 Å². The van der Waals surface area contributed by atoms with E-state index in [4.69, 9.17) is 4.74 Å². The van der Waals surface area contributed by atoms with Crippen LogP contribution in [0.25, 0.3) is 0 Å². The van der Waals surface area contributed by atoms with Gasteiger partial charge in [0.25, 0.3) is 0 Å². The molecule has 0 saturated carbocycles. The van der Waals surface area contributed by atoms with Crippen LogP contribution in [0.1, 0.15) is 11.1 Å². The van der Waals surface area contributed by atoms with Crippen molar-refractivity contribution in [2.75, 3.05) is 13.2 Å². The van der Waals surface area contributed by atoms with E-state index >= 15 is 0 Å². The first-order chi connectivity index (χ1) is 13.0. The fourth-order valence-corrected chi connectivity index (χ4v) is 3.14. The Kier molecular flexibility index (Phi) is 5.81. The molecular weight excluding hydrogens is 356 g/mol. The van der Waals surface area contributed by atoms with Crippen molar-refractivity contribution >= 4 is 12.0 Å². The fourth-order valence-electron chi connectivity index (χ4n) is 3.14. The van der Waals surface area contributed by atoms with Gasteiger partial charge in [0.1, 0.15) is 6.61 Å². The molecule has 2 aromatic carbocycles. The highest BCUT2D eigenvalue weighted by Crippen LogP contribution is 2.22. The van der Waals surface area contributed by atoms with Crippen molar-refractivity contribution in [1.82, 2.24) is 4.90 Å². The summed E-state index contributed by atoms with van der Waals surface area (Å²) in [6, 6.07) is 12.2. The molecule has 1 N–H and O–H groups in total. The number of aliphatic hydroxyl groups excluding tert-OH is 1. The molecule has 0 aliphatic carbocycles. The van der Waals surface area contributed by atoms with E-state index in [-0.39, 0.29) is 13.0 Å². The van der Waals surface area contributed by atoms with Crippen molar-refractivity contribution in [3.8, 4) is 0 Å². The maximum Gasteiger partial charge on any atom is 0.416 e. The summed E-state index contributed by atoms with van der Waals surface area (Å²) in [6.07, 6.45) is -0.347. The van der Waals surface area contributed by atoms with Crippen LogP contribution in [0.3, 0.4) is 0 Å². The van der Waals surface area contributed by atoms with Crippen molar-refractivity contribution in [3.05, 3.63) is 71.3 Å². The molecule has 2 unspecified atom stereocenters. The Balaban J connectivity index is 1.75. The summed E-state index contributed by atoms with van der Waals surface area (Å²) >= 11 is 0. The van der Waals surface area contributed by atoms with E-state index in [0.717, 1.165) is 22.6 Å². The number of amides is 2. The molecule has 1 aliphatic rings. The van der Waals surface area contributed by atoms with Crippen LogP contribution in [0.2, 0.25) is 0 Å². The SMILES string of the molecule is O=C1OCC(Cc2ccccc2)N1C(=O)C(CO)Cc1ccc(F)c(F)c1. The van der Waals surface area contributed by atoms with Crippen molar-refractivity contribution in [2.45, 2.75) is 18.9 Å². The molecule has 3 rings (SSSR count). The highest BCUT2D eigenvalue weighted by molar-refractivity contribution is 5.95. The first-order valence-electron chi connectivity index (χ1n) is 8.58. The Labute approximate surface area is 155 Å². The third-order valence-corrected chi connectivity index (χ3v) is 4.55. The van der Waals surface area contributed by atoms with Crippen molar-refractivity contribution in [3.63, 3.8) is 0 Å². The summed E-state index contributed by atoms with van der Waals surface area (Å²) in [5.74, 6) is -3.57. The van der Waals surface area contributed by atoms with Gasteiger partial charge in [-0.25, -0.2) is 18.5 Å². The lowest BCUT2D eigenvalue weighted by atomic mass is 9.97. The third kappa shape index (κ3) is 4.31. The minimum Gasteiger partial charge on any atom is -0.447 e. The lowest BCUT2D eigenvalue weighted by Crippen LogP contribution is -2.45. The van der Waals surface area contributed by atoms with E-state index in [1.54, 1.807) is 0 Å². The molecule has 5 nitrogen and oxygen atoms in total. The van der Waals surface area contributed by atoms with E-state index < -0.39 is 42.2 Å². The smallest absolute Gasteiger partial charge is 0.416 e. The van der Waals surface area contributed by atoms with Crippen LogP contribution >= 0.6 is 0 Å². The summed E-state index contributed by atoms with van der Waals surface area (Å²) in [6.45, 7) is -0.456. The predicted molar refractivity (Wildman–Crippen MR) is 92.8 cm³/mol. The highest BCUT2D eigenvalue weighted by Gasteiger charge is 2.40. The van der Waals surface area contributed by atoms with Crippen molar-refractivity contribution < 1.29 is 28.2 Å². The maximum atomic E-state index is 13.4. The minimum atomic E-state index is -1.03. The zero-order valence-corrected chi connectivity index (χ0v) is 14.5. The standard InChI is InChI=1S/C20H19F2NO4/c21-17-7-6-14(10-18(17)22)8-15(11-24)19(25)23-16(12-27-20(23)26)9-13-4-2-1-3-5-13/h1-7,10,15-16,24H,8-9,11-12H2. The summed E-state index contributed by atoms with van der Waals surface area (Å²) in [4.78, 5) is 25.9. The second kappa shape index (κ2) is 8.26. The third-order valence-electron chi connectivity index (χ3n) is 4.55. The lowest BCUT2D eigenvalue weighted by molar-refractivity contribution is -0.134. The number of nitrogens with zero attached hydrogens (tertiary/aromatic N) is 1. The molecule has 0 radical (unpaired) electrons. The second-order valence-corrected chi connectivity index (χ2v) is 6.46. The van der Waals surface area contributed by atoms with Gasteiger partial charge in [-0.2, -0.15) is 0 Å². The number of carbonyl (C=O) groups excluding carboxylic acids is 2. The Morgan fingerprint density at radius 2 is 1.89 bits per heavy atom. The molecule has 0 bridgehead atoms. The summed E-state index contributed by atoms with van der Waals surface area (Å²) in [5, 5.41) is 9.64. The van der Waals surface area contributed by atoms with Gasteiger partial charge in [-0.1, -0.05) is 36.4 Å². The normalized spacial score (nSPS) is 17.7. The number of rotatable bonds is 6. The quantitative estimate of drug-likeness (QED) is 0.843. The molecule has 27 heavy (non-hydrogen) atoms. The molecule has 0 spiro atoms. The van der Waals surface area contributed by atoms with E-state index in [1.165, 1.54) is 6.07 Å². The number of imide groups is 1. The number of hydrogen-bond donors (Lipinski definition) is 1. The first kappa shape index (κ1) is 19.0. The monoisotopic (exact) mass is 375 g/mol. The molecule has 142 valence electrons. The Bertz CT molecular complexity index is 828. The maximum absolute atomic E-state index is 13.4. The summed E-state index contributed by atoms with van der Waals surface area (Å²) in [7, 11) is 0. The summed E-state index contributed by atoms with van der Waals surface area (Å²) < 4.78 is 31.5. The Hall–Kier alpha value is -2.80. The van der Waals surface area contributed by atoms with Crippen LogP contribution in [0.15, 0.2) is 48.5 Å². The van der Waals surface area contributed by atoms with E-state index in [2.05, 4.69) is 0 Å². The number of halogens is 2. The van der Waals surface area contributed by atoms with Gasteiger partial charge >= 0.3 is 6.09 Å². The predicted octanol–water partition coefficient (Wildman–Crippen LogP) is 2.71. The van der Waals surface area contributed by atoms with Gasteiger partial charge in [0.15, 0.2) is 11.6 Å². The topological polar surface area (TPSA) is 66.8 Å². The van der Waals surface area contributed by atoms with Gasteiger partial charge in [-0.3, -0.25) is 4.79 Å². The average Bonchev–Trinajstić information content (AvgIpc) is 3.03. The number of hydrogen-bond acceptors (Lipinski definition) is 4. The van der Waals surface area contributed by atoms with Gasteiger partial charge in [0.2, 0.25) is 5.91 Å². The Morgan fingerprint density at radius 1 is 1.15 bits per heavy atom. The largest absolute Gasteiger partial charge is 0.447 e. The zero-order valence-electron chi connectivity index (χ0n) is 14.5. The van der Waals surface area contributed by atoms with E-state index in [0.29, 0.717) is 12.0 Å². The van der Waals surface area contributed by atoms with Crippen molar-refractivity contribution in [2.24, 2.45) is 5.92 Å². The number of ether oxygens (including phenoxy) is 1. The van der Waals surface area contributed by atoms with Crippen LogP contribution < -0.4 is 0 Å². The second-order valence-electron chi connectivity index (χ2n) is 6.46. The average molecular weight is 375 g/mol. The molecular formula is C20H19F2NO4. The molecule has 2 amide bonds. The fraction of sp³-hybridized carbons (Fsp3) is 0.300. The molecule has 1 saturated heterocycles. The van der Waals surface area contributed by atoms with Gasteiger partial charge < -0.3 is 9.84 Å². The van der Waals surface area contributed by atoms with Crippen LogP contribution in [-0.4, -0.2) is 41.3 Å². The molecule has 1 fully saturated rings. The minimum absolute atomic E-state index is 0.0195. The highest BCUT2D eigenvalue weighted by atomic mass is 19.2. The van der Waals surface area contributed by atoms with Gasteiger partial charge in [-0.05, 0) is 36.1 Å². The Morgan fingerprint density at radius 3 is 2.56 bits per heavy atom. The van der Waals surface area contributed by atoms with Gasteiger partial charge in [0, 0.05) is 0 Å². The zero-order chi connectivity index (χ0) is 19.4. The lowest BCUT2D eigenvalue weighted by Gasteiger charge is -2.24. The molecule has 2 aromatic rings. The van der Waals surface area contributed by atoms with E-state index in [1.807, 2.05) is 30.3 Å². The van der Waals surface area contributed by atoms with Crippen molar-refractivity contribution in [1.29, 1.82) is 0 Å². The van der Waals surface area contributed by atoms with Gasteiger partial charge in [-0.15, -0.1) is 0 Å². The molecule has 7 heteroatoms. The number of aliphatic hydroxyl groups is 1. The molecule has 1 aliphatic heterocycles. The number of benzene rings is 2. The van der Waals surface area contributed by atoms with Crippen LogP contribution in [-0.2, 0) is 22.4 Å². The van der Waals surface area contributed by atoms with Gasteiger partial charge in [0.05, 0.1) is 18.6 Å². The van der Waals surface area contributed by atoms with E-state index in [9.17, 15) is 23.5 Å². The van der Waals surface area contributed by atoms with Crippen LogP contribution in [0.4, 0.5) is 13.6 Å². The summed E-state index contributed by atoms with van der Waals surface area (Å²) in [5.41, 5.74) is 1.30. The first-order valence-corrected chi connectivity index (χ1v) is 8.58.